The minimum atomic E-state index is -3.67. The van der Waals surface area contributed by atoms with Gasteiger partial charge in [-0.05, 0) is 37.7 Å². The zero-order valence-corrected chi connectivity index (χ0v) is 16.9. The highest BCUT2D eigenvalue weighted by Gasteiger charge is 2.11. The van der Waals surface area contributed by atoms with Crippen LogP contribution in [0, 0.1) is 17.8 Å². The Kier molecular flexibility index (Phi) is 14.2. The van der Waals surface area contributed by atoms with Crippen LogP contribution in [0.3, 0.4) is 0 Å². The fourth-order valence-electron chi connectivity index (χ4n) is 2.67. The van der Waals surface area contributed by atoms with E-state index in [0.29, 0.717) is 17.5 Å². The number of anilines is 1. The standard InChI is InChI=1S/C18H22N2O2.C2H6.CHF3/c1-3-7-17(21)20-16-12-15(18(22-2)19-13-16)11-10-14-8-5-4-6-9-14;1-2;2-1(3)4/h10-14H,4-6,8-9H2,1-2H3,(H,20,21);1-2H3;1H/b11-10+;;. The normalized spacial score (nSPS) is 13.4. The Morgan fingerprint density at radius 3 is 2.43 bits per heavy atom. The van der Waals surface area contributed by atoms with E-state index in [1.807, 2.05) is 26.0 Å². The highest BCUT2D eigenvalue weighted by Crippen LogP contribution is 2.27. The molecular weight excluding hydrogens is 369 g/mol. The molecule has 156 valence electrons. The fraction of sp³-hybridized carbons (Fsp3) is 0.524. The average molecular weight is 398 g/mol. The fourth-order valence-corrected chi connectivity index (χ4v) is 2.67. The second kappa shape index (κ2) is 15.6. The SMILES string of the molecule is CC.CC#CC(=O)Nc1cnc(OC)c(/C=C/C2CCCCC2)c1.FC(F)F. The molecule has 0 saturated heterocycles. The third-order valence-electron chi connectivity index (χ3n) is 3.77. The minimum Gasteiger partial charge on any atom is -0.481 e. The zero-order chi connectivity index (χ0) is 21.4. The first-order chi connectivity index (χ1) is 13.5. The number of alkyl halides is 3. The van der Waals surface area contributed by atoms with Crippen LogP contribution in [0.15, 0.2) is 18.3 Å². The lowest BCUT2D eigenvalue weighted by atomic mass is 9.89. The monoisotopic (exact) mass is 398 g/mol. The zero-order valence-electron chi connectivity index (χ0n) is 16.9. The highest BCUT2D eigenvalue weighted by atomic mass is 19.4. The summed E-state index contributed by atoms with van der Waals surface area (Å²) in [6, 6.07) is 1.86. The number of nitrogens with zero attached hydrogens (tertiary/aromatic N) is 1. The molecule has 2 rings (SSSR count). The smallest absolute Gasteiger partial charge is 0.379 e. The number of amides is 1. The summed E-state index contributed by atoms with van der Waals surface area (Å²) in [6.07, 6.45) is 12.3. The van der Waals surface area contributed by atoms with Gasteiger partial charge in [-0.1, -0.05) is 51.2 Å². The third-order valence-corrected chi connectivity index (χ3v) is 3.77. The topological polar surface area (TPSA) is 51.2 Å². The second-order valence-corrected chi connectivity index (χ2v) is 5.66. The van der Waals surface area contributed by atoms with Crippen LogP contribution in [0.5, 0.6) is 5.88 Å². The molecular formula is C21H29F3N2O2. The lowest BCUT2D eigenvalue weighted by molar-refractivity contribution is -0.111. The molecule has 4 nitrogen and oxygen atoms in total. The molecule has 1 aromatic heterocycles. The molecule has 0 spiro atoms. The maximum Gasteiger partial charge on any atom is 0.379 e. The number of hydrogen-bond acceptors (Lipinski definition) is 3. The second-order valence-electron chi connectivity index (χ2n) is 5.66. The third kappa shape index (κ3) is 11.3. The summed E-state index contributed by atoms with van der Waals surface area (Å²) in [7, 11) is 1.60. The number of nitrogens with one attached hydrogen (secondary N) is 1. The van der Waals surface area contributed by atoms with Crippen molar-refractivity contribution in [3.05, 3.63) is 23.9 Å². The van der Waals surface area contributed by atoms with Crippen LogP contribution in [0.25, 0.3) is 6.08 Å². The Balaban J connectivity index is 0.00000108. The lowest BCUT2D eigenvalue weighted by Gasteiger charge is -2.17. The summed E-state index contributed by atoms with van der Waals surface area (Å²) in [5.74, 6) is 5.87. The number of methoxy groups -OCH3 is 1. The van der Waals surface area contributed by atoms with Gasteiger partial charge in [0, 0.05) is 5.56 Å². The molecule has 1 aliphatic carbocycles. The first-order valence-electron chi connectivity index (χ1n) is 9.34. The molecule has 0 radical (unpaired) electrons. The van der Waals surface area contributed by atoms with Crippen LogP contribution in [0.4, 0.5) is 18.9 Å². The van der Waals surface area contributed by atoms with Gasteiger partial charge in [0.15, 0.2) is 0 Å². The van der Waals surface area contributed by atoms with Gasteiger partial charge in [-0.25, -0.2) is 4.98 Å². The number of aromatic nitrogens is 1. The van der Waals surface area contributed by atoms with Crippen molar-refractivity contribution in [1.82, 2.24) is 4.98 Å². The van der Waals surface area contributed by atoms with Crippen molar-refractivity contribution in [2.45, 2.75) is 59.6 Å². The number of hydrogen-bond donors (Lipinski definition) is 1. The summed E-state index contributed by atoms with van der Waals surface area (Å²) in [6.45, 7) is 1.96. The molecule has 28 heavy (non-hydrogen) atoms. The number of allylic oxidation sites excluding steroid dienone is 1. The molecule has 1 aliphatic rings. The van der Waals surface area contributed by atoms with Crippen molar-refractivity contribution in [3.63, 3.8) is 0 Å². The Bertz CT molecular complexity index is 659. The van der Waals surface area contributed by atoms with E-state index in [4.69, 9.17) is 4.74 Å². The van der Waals surface area contributed by atoms with Crippen molar-refractivity contribution in [1.29, 1.82) is 0 Å². The maximum atomic E-state index is 11.5. The van der Waals surface area contributed by atoms with Crippen LogP contribution in [0.1, 0.15) is 58.4 Å². The van der Waals surface area contributed by atoms with Crippen molar-refractivity contribution >= 4 is 17.7 Å². The van der Waals surface area contributed by atoms with Crippen molar-refractivity contribution in [2.24, 2.45) is 5.92 Å². The van der Waals surface area contributed by atoms with E-state index >= 15 is 0 Å². The summed E-state index contributed by atoms with van der Waals surface area (Å²) in [4.78, 5) is 15.8. The lowest BCUT2D eigenvalue weighted by Crippen LogP contribution is -2.09. The van der Waals surface area contributed by atoms with E-state index in [-0.39, 0.29) is 5.91 Å². The molecule has 0 aliphatic heterocycles. The van der Waals surface area contributed by atoms with Gasteiger partial charge < -0.3 is 10.1 Å². The van der Waals surface area contributed by atoms with Gasteiger partial charge in [-0.3, -0.25) is 4.79 Å². The molecule has 0 unspecified atom stereocenters. The van der Waals surface area contributed by atoms with Crippen molar-refractivity contribution in [3.8, 4) is 17.7 Å². The largest absolute Gasteiger partial charge is 0.481 e. The van der Waals surface area contributed by atoms with Crippen LogP contribution in [-0.4, -0.2) is 24.7 Å². The average Bonchev–Trinajstić information content (AvgIpc) is 2.68. The van der Waals surface area contributed by atoms with E-state index in [1.54, 1.807) is 20.2 Å². The van der Waals surface area contributed by atoms with Gasteiger partial charge in [0.2, 0.25) is 5.88 Å². The molecule has 1 aromatic rings. The number of halogens is 3. The van der Waals surface area contributed by atoms with Crippen molar-refractivity contribution < 1.29 is 22.7 Å². The molecule has 1 fully saturated rings. The predicted molar refractivity (Wildman–Crippen MR) is 107 cm³/mol. The maximum absolute atomic E-state index is 11.5. The molecule has 0 aromatic carbocycles. The van der Waals surface area contributed by atoms with Gasteiger partial charge in [0.25, 0.3) is 5.91 Å². The summed E-state index contributed by atoms with van der Waals surface area (Å²) >= 11 is 0. The quantitative estimate of drug-likeness (QED) is 0.647. The van der Waals surface area contributed by atoms with E-state index < -0.39 is 6.68 Å². The molecule has 1 N–H and O–H groups in total. The number of pyridine rings is 1. The Labute approximate surface area is 165 Å². The van der Waals surface area contributed by atoms with Gasteiger partial charge >= 0.3 is 6.68 Å². The van der Waals surface area contributed by atoms with Crippen LogP contribution < -0.4 is 10.1 Å². The van der Waals surface area contributed by atoms with Gasteiger partial charge in [-0.2, -0.15) is 13.2 Å². The number of ether oxygens (including phenoxy) is 1. The van der Waals surface area contributed by atoms with Crippen LogP contribution in [-0.2, 0) is 4.79 Å². The number of carbonyl (C=O) groups excluding carboxylic acids is 1. The first kappa shape index (κ1) is 25.5. The summed E-state index contributed by atoms with van der Waals surface area (Å²) < 4.78 is 34.3. The molecule has 7 heteroatoms. The molecule has 0 atom stereocenters. The van der Waals surface area contributed by atoms with Crippen LogP contribution >= 0.6 is 0 Å². The van der Waals surface area contributed by atoms with Gasteiger partial charge in [0.1, 0.15) is 0 Å². The highest BCUT2D eigenvalue weighted by molar-refractivity contribution is 6.03. The van der Waals surface area contributed by atoms with Gasteiger partial charge in [0.05, 0.1) is 19.0 Å². The Hall–Kier alpha value is -2.49. The Morgan fingerprint density at radius 2 is 1.89 bits per heavy atom. The molecule has 1 saturated carbocycles. The van der Waals surface area contributed by atoms with E-state index in [1.165, 1.54) is 32.1 Å². The number of carbonyl (C=O) groups is 1. The van der Waals surface area contributed by atoms with E-state index in [9.17, 15) is 18.0 Å². The molecule has 0 bridgehead atoms. The minimum absolute atomic E-state index is 0.336. The van der Waals surface area contributed by atoms with E-state index in [0.717, 1.165) is 5.56 Å². The Morgan fingerprint density at radius 1 is 1.29 bits per heavy atom. The van der Waals surface area contributed by atoms with Crippen molar-refractivity contribution in [2.75, 3.05) is 12.4 Å². The molecule has 1 amide bonds. The number of rotatable bonds is 4. The summed E-state index contributed by atoms with van der Waals surface area (Å²) in [5, 5.41) is 2.71. The summed E-state index contributed by atoms with van der Waals surface area (Å²) in [5.41, 5.74) is 1.49. The van der Waals surface area contributed by atoms with E-state index in [2.05, 4.69) is 28.2 Å². The predicted octanol–water partition coefficient (Wildman–Crippen LogP) is 5.85. The first-order valence-corrected chi connectivity index (χ1v) is 9.34. The van der Waals surface area contributed by atoms with Gasteiger partial charge in [-0.15, -0.1) is 0 Å². The molecule has 1 heterocycles. The van der Waals surface area contributed by atoms with Crippen LogP contribution in [0.2, 0.25) is 0 Å².